The van der Waals surface area contributed by atoms with Crippen LogP contribution in [-0.4, -0.2) is 54.6 Å². The van der Waals surface area contributed by atoms with Gasteiger partial charge >= 0.3 is 0 Å². The Bertz CT molecular complexity index is 891. The third-order valence-electron chi connectivity index (χ3n) is 5.33. The second-order valence-electron chi connectivity index (χ2n) is 7.33. The van der Waals surface area contributed by atoms with Gasteiger partial charge in [0, 0.05) is 38.7 Å². The summed E-state index contributed by atoms with van der Waals surface area (Å²) < 4.78 is 17.0. The number of rotatable bonds is 6. The van der Waals surface area contributed by atoms with E-state index < -0.39 is 5.79 Å². The highest BCUT2D eigenvalue weighted by molar-refractivity contribution is 5.98. The van der Waals surface area contributed by atoms with Crippen LogP contribution in [0.25, 0.3) is 0 Å². The maximum absolute atomic E-state index is 12.6. The average molecular weight is 413 g/mol. The summed E-state index contributed by atoms with van der Waals surface area (Å²) in [5.41, 5.74) is 7.26. The first kappa shape index (κ1) is 20.4. The van der Waals surface area contributed by atoms with Crippen LogP contribution in [0.2, 0.25) is 0 Å². The summed E-state index contributed by atoms with van der Waals surface area (Å²) in [5.74, 6) is 0.677. The molecule has 0 atom stereocenters. The van der Waals surface area contributed by atoms with Crippen LogP contribution in [-0.2, 0) is 16.0 Å². The van der Waals surface area contributed by atoms with E-state index >= 15 is 0 Å². The molecule has 1 amide bonds. The zero-order valence-corrected chi connectivity index (χ0v) is 17.1. The molecule has 3 N–H and O–H groups in total. The van der Waals surface area contributed by atoms with E-state index in [-0.39, 0.29) is 17.3 Å². The van der Waals surface area contributed by atoms with E-state index in [1.54, 1.807) is 0 Å². The van der Waals surface area contributed by atoms with Gasteiger partial charge in [-0.25, -0.2) is 4.98 Å². The number of aromatic nitrogens is 2. The fraction of sp³-hybridized carbons (Fsp3) is 0.476. The molecule has 2 aromatic rings. The van der Waals surface area contributed by atoms with Crippen molar-refractivity contribution < 1.29 is 19.0 Å². The molecular formula is C21H27N5O4. The molecule has 2 aliphatic rings. The smallest absolute Gasteiger partial charge is 0.256 e. The molecule has 0 bridgehead atoms. The van der Waals surface area contributed by atoms with Crippen molar-refractivity contribution in [2.24, 2.45) is 0 Å². The zero-order valence-electron chi connectivity index (χ0n) is 17.1. The number of nitrogens with two attached hydrogens (primary N) is 1. The number of hydrogen-bond donors (Lipinski definition) is 2. The molecule has 2 aliphatic heterocycles. The second-order valence-corrected chi connectivity index (χ2v) is 7.33. The molecule has 2 saturated heterocycles. The van der Waals surface area contributed by atoms with Gasteiger partial charge in [0.25, 0.3) is 5.91 Å². The lowest BCUT2D eigenvalue weighted by Crippen LogP contribution is -2.45. The third kappa shape index (κ3) is 4.47. The number of amides is 1. The van der Waals surface area contributed by atoms with Gasteiger partial charge in [-0.05, 0) is 24.6 Å². The highest BCUT2D eigenvalue weighted by Crippen LogP contribution is 2.32. The molecule has 1 aromatic carbocycles. The van der Waals surface area contributed by atoms with Crippen molar-refractivity contribution >= 4 is 17.7 Å². The molecule has 1 spiro atoms. The molecule has 9 nitrogen and oxygen atoms in total. The lowest BCUT2D eigenvalue weighted by atomic mass is 10.0. The van der Waals surface area contributed by atoms with Crippen LogP contribution in [0.5, 0.6) is 5.75 Å². The minimum Gasteiger partial charge on any atom is -0.494 e. The van der Waals surface area contributed by atoms with Gasteiger partial charge in [-0.15, -0.1) is 0 Å². The Balaban J connectivity index is 1.36. The van der Waals surface area contributed by atoms with Gasteiger partial charge < -0.3 is 30.2 Å². The predicted molar refractivity (Wildman–Crippen MR) is 111 cm³/mol. The first-order chi connectivity index (χ1) is 14.6. The van der Waals surface area contributed by atoms with Crippen molar-refractivity contribution in [1.82, 2.24) is 15.3 Å². The summed E-state index contributed by atoms with van der Waals surface area (Å²) in [4.78, 5) is 23.3. The molecule has 0 saturated carbocycles. The fourth-order valence-corrected chi connectivity index (χ4v) is 3.74. The summed E-state index contributed by atoms with van der Waals surface area (Å²) in [6.45, 7) is 5.58. The molecule has 0 aliphatic carbocycles. The van der Waals surface area contributed by atoms with Gasteiger partial charge in [-0.2, -0.15) is 4.98 Å². The number of nitrogens with one attached hydrogen (secondary N) is 1. The normalized spacial score (nSPS) is 17.8. The van der Waals surface area contributed by atoms with Gasteiger partial charge in [0.2, 0.25) is 5.95 Å². The minimum absolute atomic E-state index is 0.161. The third-order valence-corrected chi connectivity index (χ3v) is 5.33. The number of nitrogen functional groups attached to an aromatic ring is 1. The Kier molecular flexibility index (Phi) is 6.01. The molecule has 160 valence electrons. The molecule has 0 unspecified atom stereocenters. The maximum atomic E-state index is 12.6. The molecule has 3 heterocycles. The Morgan fingerprint density at radius 1 is 1.30 bits per heavy atom. The van der Waals surface area contributed by atoms with Crippen molar-refractivity contribution in [2.75, 3.05) is 43.5 Å². The number of piperidine rings is 1. The number of carbonyl (C=O) groups excluding carboxylic acids is 1. The van der Waals surface area contributed by atoms with Crippen molar-refractivity contribution in [3.63, 3.8) is 0 Å². The lowest BCUT2D eigenvalue weighted by Gasteiger charge is -2.37. The maximum Gasteiger partial charge on any atom is 0.256 e. The Morgan fingerprint density at radius 2 is 2.07 bits per heavy atom. The molecule has 9 heteroatoms. The van der Waals surface area contributed by atoms with Crippen molar-refractivity contribution in [3.05, 3.63) is 41.6 Å². The van der Waals surface area contributed by atoms with Crippen LogP contribution in [0.15, 0.2) is 30.5 Å². The van der Waals surface area contributed by atoms with Crippen LogP contribution >= 0.6 is 0 Å². The highest BCUT2D eigenvalue weighted by atomic mass is 16.7. The van der Waals surface area contributed by atoms with Crippen molar-refractivity contribution in [1.29, 1.82) is 0 Å². The molecule has 30 heavy (non-hydrogen) atoms. The summed E-state index contributed by atoms with van der Waals surface area (Å²) in [6, 6.07) is 7.59. The number of carbonyl (C=O) groups is 1. The Labute approximate surface area is 175 Å². The average Bonchev–Trinajstić information content (AvgIpc) is 3.21. The van der Waals surface area contributed by atoms with Crippen molar-refractivity contribution in [3.8, 4) is 5.75 Å². The van der Waals surface area contributed by atoms with Crippen LogP contribution in [0, 0.1) is 0 Å². The van der Waals surface area contributed by atoms with Gasteiger partial charge in [0.05, 0.1) is 25.4 Å². The Morgan fingerprint density at radius 3 is 2.77 bits per heavy atom. The topological polar surface area (TPSA) is 112 Å². The largest absolute Gasteiger partial charge is 0.494 e. The van der Waals surface area contributed by atoms with Crippen LogP contribution < -0.4 is 20.7 Å². The summed E-state index contributed by atoms with van der Waals surface area (Å²) in [7, 11) is 0. The SMILES string of the molecule is CCOc1cccc(CNC(=O)c2cnc(N3CCC4(CC3)OCCO4)nc2N)c1. The van der Waals surface area contributed by atoms with Crippen LogP contribution in [0.4, 0.5) is 11.8 Å². The van der Waals surface area contributed by atoms with E-state index in [9.17, 15) is 4.79 Å². The lowest BCUT2D eigenvalue weighted by molar-refractivity contribution is -0.169. The number of ether oxygens (including phenoxy) is 3. The molecule has 1 aromatic heterocycles. The summed E-state index contributed by atoms with van der Waals surface area (Å²) >= 11 is 0. The summed E-state index contributed by atoms with van der Waals surface area (Å²) in [6.07, 6.45) is 2.98. The second kappa shape index (κ2) is 8.85. The predicted octanol–water partition coefficient (Wildman–Crippen LogP) is 1.73. The van der Waals surface area contributed by atoms with Gasteiger partial charge in [0.15, 0.2) is 5.79 Å². The van der Waals surface area contributed by atoms with Gasteiger partial charge in [-0.3, -0.25) is 4.79 Å². The molecule has 2 fully saturated rings. The van der Waals surface area contributed by atoms with Crippen LogP contribution in [0.1, 0.15) is 35.7 Å². The minimum atomic E-state index is -0.457. The molecular weight excluding hydrogens is 386 g/mol. The van der Waals surface area contributed by atoms with Crippen LogP contribution in [0.3, 0.4) is 0 Å². The van der Waals surface area contributed by atoms with E-state index in [0.717, 1.165) is 24.2 Å². The quantitative estimate of drug-likeness (QED) is 0.736. The molecule has 4 rings (SSSR count). The number of anilines is 2. The first-order valence-corrected chi connectivity index (χ1v) is 10.2. The number of benzene rings is 1. The van der Waals surface area contributed by atoms with E-state index in [1.807, 2.05) is 36.1 Å². The fourth-order valence-electron chi connectivity index (χ4n) is 3.74. The summed E-state index contributed by atoms with van der Waals surface area (Å²) in [5, 5.41) is 2.86. The zero-order chi connectivity index (χ0) is 21.0. The molecule has 0 radical (unpaired) electrons. The van der Waals surface area contributed by atoms with E-state index in [2.05, 4.69) is 15.3 Å². The van der Waals surface area contributed by atoms with Crippen molar-refractivity contribution in [2.45, 2.75) is 32.1 Å². The van der Waals surface area contributed by atoms with E-state index in [0.29, 0.717) is 45.4 Å². The van der Waals surface area contributed by atoms with E-state index in [4.69, 9.17) is 19.9 Å². The standard InChI is InChI=1S/C21H27N5O4/c1-2-28-16-5-3-4-15(12-16)13-23-19(27)17-14-24-20(25-18(17)22)26-8-6-21(7-9-26)29-10-11-30-21/h3-5,12,14H,2,6-11,13H2,1H3,(H,23,27)(H2,22,24,25). The first-order valence-electron chi connectivity index (χ1n) is 10.2. The number of hydrogen-bond acceptors (Lipinski definition) is 8. The monoisotopic (exact) mass is 413 g/mol. The Hall–Kier alpha value is -2.91. The van der Waals surface area contributed by atoms with E-state index in [1.165, 1.54) is 6.20 Å². The van der Waals surface area contributed by atoms with Gasteiger partial charge in [0.1, 0.15) is 11.6 Å². The highest BCUT2D eigenvalue weighted by Gasteiger charge is 2.40. The number of nitrogens with zero attached hydrogens (tertiary/aromatic N) is 3. The van der Waals surface area contributed by atoms with Gasteiger partial charge in [-0.1, -0.05) is 12.1 Å².